The lowest BCUT2D eigenvalue weighted by Crippen LogP contribution is -2.28. The highest BCUT2D eigenvalue weighted by Gasteiger charge is 2.30. The third-order valence-corrected chi connectivity index (χ3v) is 5.90. The fourth-order valence-corrected chi connectivity index (χ4v) is 4.10. The van der Waals surface area contributed by atoms with Gasteiger partial charge in [-0.05, 0) is 34.5 Å². The number of nitrogens with one attached hydrogen (secondary N) is 1. The van der Waals surface area contributed by atoms with E-state index in [0.717, 1.165) is 28.5 Å². The second-order valence-corrected chi connectivity index (χ2v) is 8.26. The number of fused-ring (bicyclic) bond motifs is 2. The Balaban J connectivity index is 1.30. The summed E-state index contributed by atoms with van der Waals surface area (Å²) >= 11 is 0. The zero-order valence-corrected chi connectivity index (χ0v) is 18.9. The molecule has 5 aromatic rings. The molecule has 0 radical (unpaired) electrons. The molecule has 7 nitrogen and oxygen atoms in total. The molecule has 0 spiro atoms. The van der Waals surface area contributed by atoms with Crippen molar-refractivity contribution in [3.63, 3.8) is 0 Å². The minimum absolute atomic E-state index is 0.0899. The van der Waals surface area contributed by atoms with Crippen LogP contribution in [0.2, 0.25) is 0 Å². The number of carbonyl (C=O) groups excluding carboxylic acids is 1. The van der Waals surface area contributed by atoms with Crippen molar-refractivity contribution in [1.82, 2.24) is 24.6 Å². The molecule has 2 aromatic heterocycles. The number of carbonyl (C=O) groups is 1. The Kier molecular flexibility index (Phi) is 6.01. The zero-order chi connectivity index (χ0) is 25.3. The van der Waals surface area contributed by atoms with Crippen LogP contribution in [0.3, 0.4) is 0 Å². The maximum atomic E-state index is 13.1. The number of alkyl halides is 3. The van der Waals surface area contributed by atoms with E-state index in [9.17, 15) is 22.8 Å². The summed E-state index contributed by atoms with van der Waals surface area (Å²) in [4.78, 5) is 29.8. The van der Waals surface area contributed by atoms with Crippen LogP contribution in [0.15, 0.2) is 84.0 Å². The van der Waals surface area contributed by atoms with E-state index >= 15 is 0 Å². The van der Waals surface area contributed by atoms with Gasteiger partial charge < -0.3 is 5.32 Å². The predicted molar refractivity (Wildman–Crippen MR) is 129 cm³/mol. The highest BCUT2D eigenvalue weighted by Crippen LogP contribution is 2.29. The van der Waals surface area contributed by atoms with Crippen molar-refractivity contribution in [2.75, 3.05) is 6.54 Å². The average molecular weight is 491 g/mol. The van der Waals surface area contributed by atoms with E-state index < -0.39 is 17.6 Å². The third-order valence-electron chi connectivity index (χ3n) is 5.90. The molecule has 0 unspecified atom stereocenters. The standard InChI is InChI=1S/C26H20F3N5O2/c27-26(28,29)20-9-4-7-18(13-20)24(35)30-11-12-34-23-22(14-32-34)25(36)33(16-31-23)15-19-8-3-6-17-5-1-2-10-21(17)19/h1-10,13-14,16H,11-12,15H2,(H,30,35). The molecule has 2 heterocycles. The number of halogens is 3. The average Bonchev–Trinajstić information content (AvgIpc) is 3.29. The maximum absolute atomic E-state index is 13.1. The fourth-order valence-electron chi connectivity index (χ4n) is 4.10. The first-order valence-corrected chi connectivity index (χ1v) is 11.1. The Morgan fingerprint density at radius 3 is 2.58 bits per heavy atom. The summed E-state index contributed by atoms with van der Waals surface area (Å²) < 4.78 is 41.7. The molecule has 10 heteroatoms. The van der Waals surface area contributed by atoms with E-state index in [1.54, 1.807) is 0 Å². The Bertz CT molecular complexity index is 1630. The van der Waals surface area contributed by atoms with Crippen LogP contribution in [-0.4, -0.2) is 31.8 Å². The fraction of sp³-hybridized carbons (Fsp3) is 0.154. The van der Waals surface area contributed by atoms with Gasteiger partial charge in [-0.3, -0.25) is 14.2 Å². The highest BCUT2D eigenvalue weighted by atomic mass is 19.4. The zero-order valence-electron chi connectivity index (χ0n) is 18.9. The predicted octanol–water partition coefficient (Wildman–Crippen LogP) is 4.24. The topological polar surface area (TPSA) is 81.8 Å². The van der Waals surface area contributed by atoms with Crippen molar-refractivity contribution in [2.45, 2.75) is 19.3 Å². The summed E-state index contributed by atoms with van der Waals surface area (Å²) in [6.45, 7) is 0.627. The molecule has 5 rings (SSSR count). The van der Waals surface area contributed by atoms with Gasteiger partial charge in [0.1, 0.15) is 11.7 Å². The Morgan fingerprint density at radius 1 is 0.972 bits per heavy atom. The lowest BCUT2D eigenvalue weighted by Gasteiger charge is -2.10. The molecule has 1 amide bonds. The number of hydrogen-bond donors (Lipinski definition) is 1. The van der Waals surface area contributed by atoms with Crippen LogP contribution in [0, 0.1) is 0 Å². The van der Waals surface area contributed by atoms with Crippen molar-refractivity contribution in [3.05, 3.63) is 106 Å². The van der Waals surface area contributed by atoms with Crippen LogP contribution < -0.4 is 10.9 Å². The molecule has 36 heavy (non-hydrogen) atoms. The van der Waals surface area contributed by atoms with Gasteiger partial charge in [-0.25, -0.2) is 9.67 Å². The van der Waals surface area contributed by atoms with Gasteiger partial charge in [-0.2, -0.15) is 18.3 Å². The van der Waals surface area contributed by atoms with Crippen LogP contribution in [0.1, 0.15) is 21.5 Å². The van der Waals surface area contributed by atoms with Crippen molar-refractivity contribution in [2.24, 2.45) is 0 Å². The van der Waals surface area contributed by atoms with Gasteiger partial charge in [0.2, 0.25) is 0 Å². The number of hydrogen-bond acceptors (Lipinski definition) is 4. The molecular weight excluding hydrogens is 471 g/mol. The maximum Gasteiger partial charge on any atom is 0.416 e. The van der Waals surface area contributed by atoms with E-state index in [0.29, 0.717) is 17.6 Å². The summed E-state index contributed by atoms with van der Waals surface area (Å²) in [6.07, 6.45) is -1.64. The van der Waals surface area contributed by atoms with Gasteiger partial charge >= 0.3 is 6.18 Å². The Morgan fingerprint density at radius 2 is 1.75 bits per heavy atom. The van der Waals surface area contributed by atoms with Gasteiger partial charge in [0.25, 0.3) is 11.5 Å². The van der Waals surface area contributed by atoms with Crippen LogP contribution >= 0.6 is 0 Å². The SMILES string of the molecule is O=C(NCCn1ncc2c(=O)n(Cc3cccc4ccccc34)cnc21)c1cccc(C(F)(F)F)c1. The Labute approximate surface area is 202 Å². The first-order valence-electron chi connectivity index (χ1n) is 11.1. The molecule has 3 aromatic carbocycles. The monoisotopic (exact) mass is 491 g/mol. The van der Waals surface area contributed by atoms with E-state index in [4.69, 9.17) is 0 Å². The van der Waals surface area contributed by atoms with Crippen molar-refractivity contribution in [1.29, 1.82) is 0 Å². The van der Waals surface area contributed by atoms with Crippen LogP contribution in [0.5, 0.6) is 0 Å². The van der Waals surface area contributed by atoms with Crippen molar-refractivity contribution >= 4 is 27.7 Å². The molecule has 0 bridgehead atoms. The van der Waals surface area contributed by atoms with Gasteiger partial charge in [0, 0.05) is 12.1 Å². The smallest absolute Gasteiger partial charge is 0.350 e. The van der Waals surface area contributed by atoms with Crippen molar-refractivity contribution < 1.29 is 18.0 Å². The van der Waals surface area contributed by atoms with Crippen LogP contribution in [-0.2, 0) is 19.3 Å². The van der Waals surface area contributed by atoms with E-state index in [-0.39, 0.29) is 24.2 Å². The molecule has 0 fully saturated rings. The molecule has 0 aliphatic heterocycles. The summed E-state index contributed by atoms with van der Waals surface area (Å²) in [7, 11) is 0. The largest absolute Gasteiger partial charge is 0.416 e. The van der Waals surface area contributed by atoms with Gasteiger partial charge in [-0.1, -0.05) is 48.5 Å². The summed E-state index contributed by atoms with van der Waals surface area (Å²) in [6, 6.07) is 18.1. The lowest BCUT2D eigenvalue weighted by molar-refractivity contribution is -0.137. The molecule has 0 aliphatic carbocycles. The number of rotatable bonds is 6. The van der Waals surface area contributed by atoms with E-state index in [2.05, 4.69) is 15.4 Å². The molecule has 0 saturated heterocycles. The molecule has 0 atom stereocenters. The lowest BCUT2D eigenvalue weighted by atomic mass is 10.0. The Hall–Kier alpha value is -4.47. The number of benzene rings is 3. The summed E-state index contributed by atoms with van der Waals surface area (Å²) in [5.41, 5.74) is 0.123. The van der Waals surface area contributed by atoms with Crippen LogP contribution in [0.25, 0.3) is 21.8 Å². The first-order chi connectivity index (χ1) is 17.3. The minimum Gasteiger partial charge on any atom is -0.350 e. The summed E-state index contributed by atoms with van der Waals surface area (Å²) in [5.74, 6) is -0.636. The third kappa shape index (κ3) is 4.57. The molecule has 1 N–H and O–H groups in total. The second kappa shape index (κ2) is 9.29. The minimum atomic E-state index is -4.53. The van der Waals surface area contributed by atoms with E-state index in [1.165, 1.54) is 33.9 Å². The number of aromatic nitrogens is 4. The first kappa shape index (κ1) is 23.3. The molecule has 0 aliphatic rings. The highest BCUT2D eigenvalue weighted by molar-refractivity contribution is 5.94. The van der Waals surface area contributed by atoms with Crippen molar-refractivity contribution in [3.8, 4) is 0 Å². The quantitative estimate of drug-likeness (QED) is 0.385. The summed E-state index contributed by atoms with van der Waals surface area (Å²) in [5, 5.41) is 9.26. The molecular formula is C26H20F3N5O2. The second-order valence-electron chi connectivity index (χ2n) is 8.26. The molecule has 182 valence electrons. The van der Waals surface area contributed by atoms with Gasteiger partial charge in [0.15, 0.2) is 5.65 Å². The number of nitrogens with zero attached hydrogens (tertiary/aromatic N) is 4. The van der Waals surface area contributed by atoms with Gasteiger partial charge in [0.05, 0.1) is 24.8 Å². The normalized spacial score (nSPS) is 11.8. The molecule has 0 saturated carbocycles. The van der Waals surface area contributed by atoms with Crippen LogP contribution in [0.4, 0.5) is 13.2 Å². The van der Waals surface area contributed by atoms with Gasteiger partial charge in [-0.15, -0.1) is 0 Å². The van der Waals surface area contributed by atoms with E-state index in [1.807, 2.05) is 42.5 Å². The number of amides is 1.